The summed E-state index contributed by atoms with van der Waals surface area (Å²) >= 11 is 1.16. The zero-order valence-corrected chi connectivity index (χ0v) is 24.5. The Morgan fingerprint density at radius 2 is 1.82 bits per heavy atom. The number of aromatic nitrogens is 3. The van der Waals surface area contributed by atoms with Gasteiger partial charge in [0.25, 0.3) is 0 Å². The van der Waals surface area contributed by atoms with Gasteiger partial charge in [-0.15, -0.1) is 16.4 Å². The Balaban J connectivity index is 1.39. The van der Waals surface area contributed by atoms with Crippen LogP contribution >= 0.6 is 11.3 Å². The van der Waals surface area contributed by atoms with Gasteiger partial charge in [0.05, 0.1) is 10.6 Å². The van der Waals surface area contributed by atoms with Gasteiger partial charge < -0.3 is 14.7 Å². The Bertz CT molecular complexity index is 1430. The van der Waals surface area contributed by atoms with Gasteiger partial charge >= 0.3 is 5.97 Å². The molecule has 3 heterocycles. The minimum atomic E-state index is -1.02. The highest BCUT2D eigenvalue weighted by Gasteiger charge is 2.38. The lowest BCUT2D eigenvalue weighted by atomic mass is 9.81. The summed E-state index contributed by atoms with van der Waals surface area (Å²) in [5.74, 6) is 6.49. The van der Waals surface area contributed by atoms with Crippen LogP contribution in [0.5, 0.6) is 5.88 Å². The number of nitrogens with zero attached hydrogens (tertiary/aromatic N) is 4. The van der Waals surface area contributed by atoms with Crippen LogP contribution in [0.2, 0.25) is 0 Å². The molecule has 0 bridgehead atoms. The molecule has 0 saturated heterocycles. The number of carboxylic acids is 1. The maximum atomic E-state index is 14.1. The summed E-state index contributed by atoms with van der Waals surface area (Å²) in [4.78, 5) is 33.4. The number of ether oxygens (including phenoxy) is 1. The van der Waals surface area contributed by atoms with Crippen LogP contribution in [0.25, 0.3) is 5.65 Å². The molecule has 2 saturated carbocycles. The van der Waals surface area contributed by atoms with Crippen LogP contribution in [0.3, 0.4) is 0 Å². The molecule has 0 unspecified atom stereocenters. The lowest BCUT2D eigenvalue weighted by Crippen LogP contribution is -2.47. The Morgan fingerprint density at radius 3 is 2.50 bits per heavy atom. The predicted octanol–water partition coefficient (Wildman–Crippen LogP) is 6.44. The molecule has 212 valence electrons. The van der Waals surface area contributed by atoms with Crippen LogP contribution in [0, 0.1) is 29.1 Å². The molecule has 2 aliphatic carbocycles. The number of carboxylic acid groups (broad SMARTS) is 1. The second-order valence-corrected chi connectivity index (χ2v) is 13.3. The van der Waals surface area contributed by atoms with Crippen molar-refractivity contribution < 1.29 is 19.4 Å². The lowest BCUT2D eigenvalue weighted by Gasteiger charge is -2.39. The van der Waals surface area contributed by atoms with Crippen molar-refractivity contribution in [1.82, 2.24) is 14.6 Å². The number of imidazole rings is 1. The molecule has 1 amide bonds. The van der Waals surface area contributed by atoms with Crippen molar-refractivity contribution in [3.05, 3.63) is 40.3 Å². The zero-order chi connectivity index (χ0) is 28.4. The highest BCUT2D eigenvalue weighted by Crippen LogP contribution is 2.39. The quantitative estimate of drug-likeness (QED) is 0.348. The third-order valence-electron chi connectivity index (χ3n) is 7.86. The van der Waals surface area contributed by atoms with E-state index < -0.39 is 5.97 Å². The third-order valence-corrected chi connectivity index (χ3v) is 8.88. The van der Waals surface area contributed by atoms with E-state index in [2.05, 4.69) is 28.8 Å². The molecular formula is C31H38N4O4S. The van der Waals surface area contributed by atoms with Gasteiger partial charge in [-0.3, -0.25) is 4.79 Å². The van der Waals surface area contributed by atoms with E-state index in [1.165, 1.54) is 0 Å². The monoisotopic (exact) mass is 562 g/mol. The van der Waals surface area contributed by atoms with Crippen molar-refractivity contribution >= 4 is 34.5 Å². The molecule has 0 aliphatic heterocycles. The van der Waals surface area contributed by atoms with Crippen molar-refractivity contribution in [2.45, 2.75) is 91.2 Å². The van der Waals surface area contributed by atoms with Gasteiger partial charge in [0.1, 0.15) is 11.0 Å². The first-order valence-corrected chi connectivity index (χ1v) is 15.1. The normalized spacial score (nSPS) is 23.3. The van der Waals surface area contributed by atoms with Crippen molar-refractivity contribution in [2.75, 3.05) is 4.90 Å². The molecule has 8 nitrogen and oxygen atoms in total. The van der Waals surface area contributed by atoms with Crippen LogP contribution < -0.4 is 9.64 Å². The van der Waals surface area contributed by atoms with Gasteiger partial charge in [-0.25, -0.2) is 14.3 Å². The van der Waals surface area contributed by atoms with Gasteiger partial charge in [-0.1, -0.05) is 18.8 Å². The summed E-state index contributed by atoms with van der Waals surface area (Å²) < 4.78 is 7.90. The number of rotatable bonds is 6. The van der Waals surface area contributed by atoms with E-state index in [1.54, 1.807) is 16.9 Å². The number of hydrogen-bond donors (Lipinski definition) is 1. The summed E-state index contributed by atoms with van der Waals surface area (Å²) in [7, 11) is 0. The van der Waals surface area contributed by atoms with Gasteiger partial charge in [0.15, 0.2) is 5.65 Å². The minimum absolute atomic E-state index is 0.0214. The van der Waals surface area contributed by atoms with E-state index in [9.17, 15) is 14.7 Å². The molecule has 40 heavy (non-hydrogen) atoms. The number of anilines is 1. The Labute approximate surface area is 239 Å². The summed E-state index contributed by atoms with van der Waals surface area (Å²) in [6, 6.07) is 5.44. The van der Waals surface area contributed by atoms with E-state index in [4.69, 9.17) is 4.74 Å². The summed E-state index contributed by atoms with van der Waals surface area (Å²) in [5, 5.41) is 14.6. The number of thiophene rings is 1. The van der Waals surface area contributed by atoms with E-state index in [0.717, 1.165) is 68.4 Å². The number of fused-ring (bicyclic) bond motifs is 1. The van der Waals surface area contributed by atoms with E-state index in [1.807, 2.05) is 43.9 Å². The Kier molecular flexibility index (Phi) is 8.18. The summed E-state index contributed by atoms with van der Waals surface area (Å²) in [6.45, 7) is 8.31. The van der Waals surface area contributed by atoms with E-state index in [-0.39, 0.29) is 34.3 Å². The van der Waals surface area contributed by atoms with Gasteiger partial charge in [0.2, 0.25) is 11.8 Å². The average Bonchev–Trinajstić information content (AvgIpc) is 3.56. The maximum Gasteiger partial charge on any atom is 0.348 e. The lowest BCUT2D eigenvalue weighted by molar-refractivity contribution is -0.124. The number of carbonyl (C=O) groups is 2. The first-order chi connectivity index (χ1) is 19.1. The van der Waals surface area contributed by atoms with E-state index in [0.29, 0.717) is 22.4 Å². The molecule has 0 atom stereocenters. The standard InChI is InChI=1S/C31H38N4O4S/c1-20-5-7-21(8-6-20)29(36)35(25-19-24(15-16-31(2,3)4)40-28(25)30(37)38)22-9-11-23(12-10-22)39-27-14-13-26-32-17-18-34(26)33-27/h13-14,17-23H,5-12H2,1-4H3,(H,37,38)/t20-,21-,22-,23-. The largest absolute Gasteiger partial charge is 0.477 e. The summed E-state index contributed by atoms with van der Waals surface area (Å²) in [6.07, 6.45) is 10.2. The van der Waals surface area contributed by atoms with Crippen molar-refractivity contribution in [1.29, 1.82) is 0 Å². The molecule has 9 heteroatoms. The van der Waals surface area contributed by atoms with Crippen molar-refractivity contribution in [2.24, 2.45) is 17.3 Å². The molecular weight excluding hydrogens is 524 g/mol. The molecule has 5 rings (SSSR count). The highest BCUT2D eigenvalue weighted by atomic mass is 32.1. The fourth-order valence-corrected chi connectivity index (χ4v) is 6.52. The first-order valence-electron chi connectivity index (χ1n) is 14.3. The number of amides is 1. The SMILES string of the molecule is CC(C)(C)C#Cc1cc(N(C(=O)[C@H]2CC[C@H](C)CC2)[C@H]2CC[C@H](Oc3ccc4nccn4n3)CC2)c(C(=O)O)s1. The number of carbonyl (C=O) groups excluding carboxylic acids is 1. The maximum absolute atomic E-state index is 14.1. The first kappa shape index (κ1) is 28.2. The fraction of sp³-hybridized carbons (Fsp3) is 0.548. The second-order valence-electron chi connectivity index (χ2n) is 12.2. The molecule has 3 aromatic heterocycles. The van der Waals surface area contributed by atoms with Gasteiger partial charge in [-0.05, 0) is 90.2 Å². The van der Waals surface area contributed by atoms with Crippen LogP contribution in [0.4, 0.5) is 5.69 Å². The molecule has 0 spiro atoms. The molecule has 2 aliphatic rings. The Morgan fingerprint density at radius 1 is 1.10 bits per heavy atom. The molecule has 0 radical (unpaired) electrons. The van der Waals surface area contributed by atoms with Crippen LogP contribution in [-0.4, -0.2) is 43.7 Å². The molecule has 3 aromatic rings. The highest BCUT2D eigenvalue weighted by molar-refractivity contribution is 7.15. The van der Waals surface area contributed by atoms with Gasteiger partial charge in [0, 0.05) is 35.8 Å². The second kappa shape index (κ2) is 11.6. The zero-order valence-electron chi connectivity index (χ0n) is 23.7. The molecule has 1 N–H and O–H groups in total. The average molecular weight is 563 g/mol. The number of hydrogen-bond acceptors (Lipinski definition) is 6. The fourth-order valence-electron chi connectivity index (χ4n) is 5.68. The Hall–Kier alpha value is -3.38. The van der Waals surface area contributed by atoms with Crippen LogP contribution in [0.15, 0.2) is 30.6 Å². The summed E-state index contributed by atoms with van der Waals surface area (Å²) in [5.41, 5.74) is 1.05. The minimum Gasteiger partial charge on any atom is -0.477 e. The van der Waals surface area contributed by atoms with Crippen LogP contribution in [0.1, 0.15) is 93.6 Å². The topological polar surface area (TPSA) is 97.0 Å². The molecule has 2 fully saturated rings. The third kappa shape index (κ3) is 6.49. The molecule has 0 aromatic carbocycles. The number of aromatic carboxylic acids is 1. The van der Waals surface area contributed by atoms with Crippen molar-refractivity contribution in [3.63, 3.8) is 0 Å². The van der Waals surface area contributed by atoms with Gasteiger partial charge in [-0.2, -0.15) is 0 Å². The smallest absolute Gasteiger partial charge is 0.348 e. The predicted molar refractivity (Wildman–Crippen MR) is 156 cm³/mol. The van der Waals surface area contributed by atoms with Crippen molar-refractivity contribution in [3.8, 4) is 17.7 Å². The van der Waals surface area contributed by atoms with E-state index >= 15 is 0 Å². The van der Waals surface area contributed by atoms with Crippen LogP contribution in [-0.2, 0) is 4.79 Å².